The van der Waals surface area contributed by atoms with Gasteiger partial charge in [-0.1, -0.05) is 6.08 Å². The van der Waals surface area contributed by atoms with Crippen LogP contribution in [-0.4, -0.2) is 20.2 Å². The molecular weight excluding hydrogens is 88.9 g/mol. The van der Waals surface area contributed by atoms with Gasteiger partial charge in [0.2, 0.25) is 7.85 Å². The van der Waals surface area contributed by atoms with Gasteiger partial charge in [-0.05, 0) is 0 Å². The minimum absolute atomic E-state index is 0.0140. The van der Waals surface area contributed by atoms with Crippen LogP contribution in [0.4, 0.5) is 4.79 Å². The van der Waals surface area contributed by atoms with E-state index in [1.54, 1.807) is 6.08 Å². The average molecular weight is 96.9 g/mol. The van der Waals surface area contributed by atoms with E-state index in [-0.39, 0.29) is 5.81 Å². The third-order valence-electron chi connectivity index (χ3n) is 0.495. The number of carbonyl (C=O) groups excluding carboxylic acids is 1. The summed E-state index contributed by atoms with van der Waals surface area (Å²) < 4.78 is 0. The highest BCUT2D eigenvalue weighted by molar-refractivity contribution is 6.57. The van der Waals surface area contributed by atoms with Crippen molar-refractivity contribution in [2.24, 2.45) is 0 Å². The molecule has 0 unspecified atom stereocenters. The summed E-state index contributed by atoms with van der Waals surface area (Å²) >= 11 is 0. The van der Waals surface area contributed by atoms with Gasteiger partial charge < -0.3 is 5.32 Å². The number of amides is 1. The Morgan fingerprint density at radius 3 is 2.71 bits per heavy atom. The van der Waals surface area contributed by atoms with Crippen molar-refractivity contribution in [1.29, 1.82) is 0 Å². The molecule has 0 aromatic carbocycles. The topological polar surface area (TPSA) is 29.1 Å². The lowest BCUT2D eigenvalue weighted by atomic mass is 10.1. The van der Waals surface area contributed by atoms with Gasteiger partial charge in [-0.25, -0.2) is 0 Å². The maximum atomic E-state index is 10.0. The molecule has 1 N–H and O–H groups in total. The lowest BCUT2D eigenvalue weighted by Crippen LogP contribution is -2.20. The molecule has 0 saturated heterocycles. The number of nitrogens with one attached hydrogen (secondary N) is 1. The van der Waals surface area contributed by atoms with Gasteiger partial charge in [0.05, 0.1) is 0 Å². The highest BCUT2D eigenvalue weighted by Crippen LogP contribution is 1.58. The smallest absolute Gasteiger partial charge is 0.215 e. The van der Waals surface area contributed by atoms with Crippen molar-refractivity contribution in [3.8, 4) is 0 Å². The average Bonchev–Trinajstić information content (AvgIpc) is 1.61. The summed E-state index contributed by atoms with van der Waals surface area (Å²) in [4.78, 5) is 10.0. The second kappa shape index (κ2) is 3.46. The summed E-state index contributed by atoms with van der Waals surface area (Å²) in [5, 5.41) is 2.54. The van der Waals surface area contributed by atoms with E-state index in [4.69, 9.17) is 0 Å². The van der Waals surface area contributed by atoms with Crippen LogP contribution in [0.25, 0.3) is 0 Å². The molecule has 0 radical (unpaired) electrons. The molecule has 0 aliphatic rings. The quantitative estimate of drug-likeness (QED) is 0.365. The monoisotopic (exact) mass is 97.1 g/mol. The van der Waals surface area contributed by atoms with Gasteiger partial charge in [0, 0.05) is 6.54 Å². The third-order valence-corrected chi connectivity index (χ3v) is 0.495. The van der Waals surface area contributed by atoms with Crippen LogP contribution in [0, 0.1) is 0 Å². The Kier molecular flexibility index (Phi) is 3.11. The molecule has 0 spiro atoms. The van der Waals surface area contributed by atoms with E-state index < -0.39 is 0 Å². The fraction of sp³-hybridized carbons (Fsp3) is 0.250. The molecule has 7 heavy (non-hydrogen) atoms. The lowest BCUT2D eigenvalue weighted by Gasteiger charge is -1.91. The summed E-state index contributed by atoms with van der Waals surface area (Å²) in [7, 11) is 1.48. The maximum Gasteiger partial charge on any atom is 0.215 e. The fourth-order valence-corrected chi connectivity index (χ4v) is 0.216. The first-order valence-electron chi connectivity index (χ1n) is 2.12. The van der Waals surface area contributed by atoms with E-state index in [2.05, 4.69) is 11.9 Å². The van der Waals surface area contributed by atoms with Crippen molar-refractivity contribution < 1.29 is 4.79 Å². The van der Waals surface area contributed by atoms with Crippen LogP contribution in [0.15, 0.2) is 12.7 Å². The van der Waals surface area contributed by atoms with E-state index in [1.807, 2.05) is 0 Å². The minimum atomic E-state index is -0.0140. The van der Waals surface area contributed by atoms with Crippen LogP contribution in [0.1, 0.15) is 0 Å². The molecule has 38 valence electrons. The molecule has 0 atom stereocenters. The molecule has 0 aliphatic carbocycles. The van der Waals surface area contributed by atoms with Crippen LogP contribution < -0.4 is 5.32 Å². The Morgan fingerprint density at radius 2 is 2.57 bits per heavy atom. The zero-order valence-corrected chi connectivity index (χ0v) is 4.40. The highest BCUT2D eigenvalue weighted by Gasteiger charge is 1.81. The van der Waals surface area contributed by atoms with E-state index in [0.29, 0.717) is 6.54 Å². The van der Waals surface area contributed by atoms with Crippen LogP contribution in [0.2, 0.25) is 0 Å². The highest BCUT2D eigenvalue weighted by atomic mass is 16.1. The molecule has 2 nitrogen and oxygen atoms in total. The van der Waals surface area contributed by atoms with Crippen molar-refractivity contribution in [3.63, 3.8) is 0 Å². The number of hydrogen-bond donors (Lipinski definition) is 1. The molecule has 0 saturated carbocycles. The van der Waals surface area contributed by atoms with E-state index in [9.17, 15) is 4.79 Å². The first-order valence-corrected chi connectivity index (χ1v) is 2.12. The Balaban J connectivity index is 2.97. The first kappa shape index (κ1) is 6.27. The predicted octanol–water partition coefficient (Wildman–Crippen LogP) is -0.485. The zero-order chi connectivity index (χ0) is 5.70. The molecule has 1 amide bonds. The Bertz CT molecular complexity index is 81.8. The van der Waals surface area contributed by atoms with Crippen LogP contribution in [0.5, 0.6) is 0 Å². The molecule has 3 heteroatoms. The summed E-state index contributed by atoms with van der Waals surface area (Å²) in [6.07, 6.45) is 1.64. The van der Waals surface area contributed by atoms with Crippen LogP contribution in [-0.2, 0) is 0 Å². The predicted molar refractivity (Wildman–Crippen MR) is 32.1 cm³/mol. The molecule has 0 rings (SSSR count). The normalized spacial score (nSPS) is 7.43. The molecule has 0 heterocycles. The van der Waals surface area contributed by atoms with Gasteiger partial charge in [0.1, 0.15) is 0 Å². The van der Waals surface area contributed by atoms with Crippen molar-refractivity contribution >= 4 is 13.7 Å². The number of carbonyl (C=O) groups is 1. The molecule has 0 aromatic heterocycles. The largest absolute Gasteiger partial charge is 0.362 e. The lowest BCUT2D eigenvalue weighted by molar-refractivity contribution is 0.260. The summed E-state index contributed by atoms with van der Waals surface area (Å²) in [6, 6.07) is 0. The molecular formula is C4H8BNO. The fourth-order valence-electron chi connectivity index (χ4n) is 0.216. The Labute approximate surface area is 44.0 Å². The Hall–Kier alpha value is -0.725. The van der Waals surface area contributed by atoms with Crippen molar-refractivity contribution in [1.82, 2.24) is 5.32 Å². The third kappa shape index (κ3) is 5.27. The van der Waals surface area contributed by atoms with Gasteiger partial charge >= 0.3 is 0 Å². The molecule has 0 bridgehead atoms. The zero-order valence-electron chi connectivity index (χ0n) is 4.40. The van der Waals surface area contributed by atoms with Gasteiger partial charge in [-0.3, -0.25) is 4.79 Å². The van der Waals surface area contributed by atoms with Gasteiger partial charge in [0.25, 0.3) is 0 Å². The van der Waals surface area contributed by atoms with E-state index >= 15 is 0 Å². The van der Waals surface area contributed by atoms with Crippen molar-refractivity contribution in [2.75, 3.05) is 6.54 Å². The van der Waals surface area contributed by atoms with Crippen LogP contribution in [0.3, 0.4) is 0 Å². The van der Waals surface area contributed by atoms with Gasteiger partial charge in [0.15, 0.2) is 5.81 Å². The number of rotatable bonds is 2. The second-order valence-corrected chi connectivity index (χ2v) is 1.23. The van der Waals surface area contributed by atoms with Gasteiger partial charge in [-0.2, -0.15) is 0 Å². The molecule has 0 aliphatic heterocycles. The van der Waals surface area contributed by atoms with Crippen molar-refractivity contribution in [2.45, 2.75) is 0 Å². The van der Waals surface area contributed by atoms with Gasteiger partial charge in [-0.15, -0.1) is 6.58 Å². The number of hydrogen-bond acceptors (Lipinski definition) is 1. The first-order chi connectivity index (χ1) is 3.27. The Morgan fingerprint density at radius 1 is 2.00 bits per heavy atom. The maximum absolute atomic E-state index is 10.0. The van der Waals surface area contributed by atoms with Crippen LogP contribution >= 0.6 is 0 Å². The molecule has 0 fully saturated rings. The SMILES string of the molecule is BC(=O)NCC=C. The second-order valence-electron chi connectivity index (χ2n) is 1.23. The van der Waals surface area contributed by atoms with E-state index in [1.165, 1.54) is 7.85 Å². The summed E-state index contributed by atoms with van der Waals surface area (Å²) in [5.41, 5.74) is 0. The van der Waals surface area contributed by atoms with Crippen molar-refractivity contribution in [3.05, 3.63) is 12.7 Å². The summed E-state index contributed by atoms with van der Waals surface area (Å²) in [5.74, 6) is -0.0140. The molecule has 0 aromatic rings. The standard InChI is InChI=1S/C4H8BNO/c1-2-3-6-4(5)7/h2H,1,3,5H2,(H,6,7). The summed E-state index contributed by atoms with van der Waals surface area (Å²) in [6.45, 7) is 3.98. The van der Waals surface area contributed by atoms with E-state index in [0.717, 1.165) is 0 Å². The minimum Gasteiger partial charge on any atom is -0.362 e.